The van der Waals surface area contributed by atoms with Gasteiger partial charge in [0.05, 0.1) is 12.1 Å². The standard InChI is InChI=1S/C7H14N2O/c1-2-3-9-7(6-10)4-8-5-7/h2,8-10H,1,3-6H2. The molecule has 1 aliphatic rings. The van der Waals surface area contributed by atoms with E-state index >= 15 is 0 Å². The van der Waals surface area contributed by atoms with Gasteiger partial charge in [-0.3, -0.25) is 0 Å². The van der Waals surface area contributed by atoms with Crippen molar-refractivity contribution >= 4 is 0 Å². The first kappa shape index (κ1) is 7.72. The van der Waals surface area contributed by atoms with E-state index in [0.717, 1.165) is 19.6 Å². The van der Waals surface area contributed by atoms with Crippen LogP contribution in [0.1, 0.15) is 0 Å². The van der Waals surface area contributed by atoms with Gasteiger partial charge in [-0.05, 0) is 0 Å². The quantitative estimate of drug-likeness (QED) is 0.446. The molecule has 0 saturated carbocycles. The Morgan fingerprint density at radius 3 is 2.70 bits per heavy atom. The van der Waals surface area contributed by atoms with E-state index in [-0.39, 0.29) is 12.1 Å². The van der Waals surface area contributed by atoms with Crippen LogP contribution in [0.25, 0.3) is 0 Å². The van der Waals surface area contributed by atoms with Crippen LogP contribution in [0.5, 0.6) is 0 Å². The van der Waals surface area contributed by atoms with E-state index in [1.807, 2.05) is 0 Å². The van der Waals surface area contributed by atoms with Crippen LogP contribution < -0.4 is 10.6 Å². The molecule has 0 spiro atoms. The maximum Gasteiger partial charge on any atom is 0.0668 e. The fourth-order valence-corrected chi connectivity index (χ4v) is 1.01. The minimum Gasteiger partial charge on any atom is -0.394 e. The summed E-state index contributed by atoms with van der Waals surface area (Å²) in [6.07, 6.45) is 1.80. The minimum absolute atomic E-state index is 0.0613. The molecule has 0 aromatic heterocycles. The van der Waals surface area contributed by atoms with Gasteiger partial charge in [0.15, 0.2) is 0 Å². The van der Waals surface area contributed by atoms with Crippen LogP contribution in [0, 0.1) is 0 Å². The van der Waals surface area contributed by atoms with Crippen LogP contribution in [0.2, 0.25) is 0 Å². The zero-order valence-electron chi connectivity index (χ0n) is 6.06. The SMILES string of the molecule is C=CCNC1(CO)CNC1. The van der Waals surface area contributed by atoms with Crippen LogP contribution in [-0.2, 0) is 0 Å². The summed E-state index contributed by atoms with van der Waals surface area (Å²) in [5.74, 6) is 0. The Kier molecular flexibility index (Phi) is 2.43. The van der Waals surface area contributed by atoms with Gasteiger partial charge in [-0.25, -0.2) is 0 Å². The van der Waals surface area contributed by atoms with Crippen molar-refractivity contribution in [3.8, 4) is 0 Å². The van der Waals surface area contributed by atoms with E-state index in [9.17, 15) is 0 Å². The van der Waals surface area contributed by atoms with Crippen LogP contribution in [0.4, 0.5) is 0 Å². The molecular weight excluding hydrogens is 128 g/mol. The number of hydrogen-bond donors (Lipinski definition) is 3. The van der Waals surface area contributed by atoms with Crippen LogP contribution in [-0.4, -0.2) is 36.9 Å². The van der Waals surface area contributed by atoms with Crippen molar-refractivity contribution in [1.82, 2.24) is 10.6 Å². The van der Waals surface area contributed by atoms with Crippen molar-refractivity contribution in [2.24, 2.45) is 0 Å². The number of hydrogen-bond acceptors (Lipinski definition) is 3. The average molecular weight is 142 g/mol. The Bertz CT molecular complexity index is 115. The molecule has 3 heteroatoms. The van der Waals surface area contributed by atoms with Gasteiger partial charge in [-0.2, -0.15) is 0 Å². The normalized spacial score (nSPS) is 21.7. The monoisotopic (exact) mass is 142 g/mol. The third-order valence-corrected chi connectivity index (χ3v) is 1.85. The summed E-state index contributed by atoms with van der Waals surface area (Å²) in [6, 6.07) is 0. The lowest BCUT2D eigenvalue weighted by Gasteiger charge is -2.41. The first-order chi connectivity index (χ1) is 4.83. The fraction of sp³-hybridized carbons (Fsp3) is 0.714. The number of aliphatic hydroxyl groups is 1. The Balaban J connectivity index is 2.26. The summed E-state index contributed by atoms with van der Waals surface area (Å²) >= 11 is 0. The van der Waals surface area contributed by atoms with E-state index in [1.54, 1.807) is 6.08 Å². The smallest absolute Gasteiger partial charge is 0.0668 e. The van der Waals surface area contributed by atoms with Crippen LogP contribution in [0.15, 0.2) is 12.7 Å². The zero-order valence-corrected chi connectivity index (χ0v) is 6.06. The van der Waals surface area contributed by atoms with Gasteiger partial charge < -0.3 is 15.7 Å². The second-order valence-electron chi connectivity index (χ2n) is 2.71. The van der Waals surface area contributed by atoms with Crippen LogP contribution >= 0.6 is 0 Å². The highest BCUT2D eigenvalue weighted by atomic mass is 16.3. The van der Waals surface area contributed by atoms with Crippen molar-refractivity contribution < 1.29 is 5.11 Å². The molecule has 0 unspecified atom stereocenters. The Hall–Kier alpha value is -0.380. The van der Waals surface area contributed by atoms with Crippen molar-refractivity contribution in [1.29, 1.82) is 0 Å². The molecule has 1 rings (SSSR count). The van der Waals surface area contributed by atoms with Gasteiger partial charge in [0.1, 0.15) is 0 Å². The lowest BCUT2D eigenvalue weighted by molar-refractivity contribution is 0.113. The van der Waals surface area contributed by atoms with Crippen molar-refractivity contribution in [2.75, 3.05) is 26.2 Å². The molecule has 0 bridgehead atoms. The second-order valence-corrected chi connectivity index (χ2v) is 2.71. The Morgan fingerprint density at radius 1 is 1.70 bits per heavy atom. The van der Waals surface area contributed by atoms with E-state index in [4.69, 9.17) is 5.11 Å². The summed E-state index contributed by atoms with van der Waals surface area (Å²) in [6.45, 7) is 6.28. The first-order valence-electron chi connectivity index (χ1n) is 3.50. The zero-order chi connectivity index (χ0) is 7.45. The van der Waals surface area contributed by atoms with Crippen molar-refractivity contribution in [2.45, 2.75) is 5.54 Å². The molecule has 0 atom stereocenters. The molecule has 1 saturated heterocycles. The third-order valence-electron chi connectivity index (χ3n) is 1.85. The van der Waals surface area contributed by atoms with Crippen molar-refractivity contribution in [3.63, 3.8) is 0 Å². The highest BCUT2D eigenvalue weighted by Gasteiger charge is 2.34. The number of aliphatic hydroxyl groups excluding tert-OH is 1. The molecule has 10 heavy (non-hydrogen) atoms. The molecule has 0 aliphatic carbocycles. The number of nitrogens with one attached hydrogen (secondary N) is 2. The van der Waals surface area contributed by atoms with Crippen LogP contribution in [0.3, 0.4) is 0 Å². The van der Waals surface area contributed by atoms with Crippen molar-refractivity contribution in [3.05, 3.63) is 12.7 Å². The molecule has 1 fully saturated rings. The molecule has 3 N–H and O–H groups in total. The third kappa shape index (κ3) is 1.37. The van der Waals surface area contributed by atoms with E-state index in [1.165, 1.54) is 0 Å². The predicted molar refractivity (Wildman–Crippen MR) is 40.9 cm³/mol. The predicted octanol–water partition coefficient (Wildman–Crippen LogP) is -0.904. The van der Waals surface area contributed by atoms with Gasteiger partial charge in [0, 0.05) is 19.6 Å². The highest BCUT2D eigenvalue weighted by molar-refractivity contribution is 5.01. The van der Waals surface area contributed by atoms with E-state index < -0.39 is 0 Å². The largest absolute Gasteiger partial charge is 0.394 e. The molecule has 58 valence electrons. The Morgan fingerprint density at radius 2 is 2.40 bits per heavy atom. The summed E-state index contributed by atoms with van der Waals surface area (Å²) in [5, 5.41) is 15.2. The molecule has 1 heterocycles. The van der Waals surface area contributed by atoms with Gasteiger partial charge in [-0.15, -0.1) is 6.58 Å². The maximum absolute atomic E-state index is 8.93. The lowest BCUT2D eigenvalue weighted by Crippen LogP contribution is -2.69. The van der Waals surface area contributed by atoms with Gasteiger partial charge >= 0.3 is 0 Å². The molecule has 0 aromatic rings. The highest BCUT2D eigenvalue weighted by Crippen LogP contribution is 2.08. The fourth-order valence-electron chi connectivity index (χ4n) is 1.01. The van der Waals surface area contributed by atoms with E-state index in [2.05, 4.69) is 17.2 Å². The van der Waals surface area contributed by atoms with E-state index in [0.29, 0.717) is 0 Å². The minimum atomic E-state index is -0.0613. The molecule has 1 aliphatic heterocycles. The summed E-state index contributed by atoms with van der Waals surface area (Å²) < 4.78 is 0. The van der Waals surface area contributed by atoms with Gasteiger partial charge in [0.25, 0.3) is 0 Å². The summed E-state index contributed by atoms with van der Waals surface area (Å²) in [7, 11) is 0. The molecular formula is C7H14N2O. The Labute approximate surface area is 61.1 Å². The second kappa shape index (κ2) is 3.14. The summed E-state index contributed by atoms with van der Waals surface area (Å²) in [5.41, 5.74) is -0.0613. The maximum atomic E-state index is 8.93. The molecule has 3 nitrogen and oxygen atoms in total. The first-order valence-corrected chi connectivity index (χ1v) is 3.50. The summed E-state index contributed by atoms with van der Waals surface area (Å²) in [4.78, 5) is 0. The average Bonchev–Trinajstić information content (AvgIpc) is 1.87. The molecule has 0 radical (unpaired) electrons. The van der Waals surface area contributed by atoms with Gasteiger partial charge in [-0.1, -0.05) is 6.08 Å². The number of rotatable bonds is 4. The molecule has 0 amide bonds. The molecule has 0 aromatic carbocycles. The topological polar surface area (TPSA) is 44.3 Å². The lowest BCUT2D eigenvalue weighted by atomic mass is 9.94. The van der Waals surface area contributed by atoms with Gasteiger partial charge in [0.2, 0.25) is 0 Å².